The van der Waals surface area contributed by atoms with Crippen LogP contribution in [0.4, 0.5) is 0 Å². The molecule has 0 bridgehead atoms. The number of benzene rings is 8. The molecule has 0 N–H and O–H groups in total. The van der Waals surface area contributed by atoms with Crippen molar-refractivity contribution in [2.45, 2.75) is 472 Å². The van der Waals surface area contributed by atoms with Crippen LogP contribution in [0.15, 0.2) is 170 Å². The lowest BCUT2D eigenvalue weighted by Gasteiger charge is -2.37. The fourth-order valence-corrected chi connectivity index (χ4v) is 19.7. The third-order valence-corrected chi connectivity index (χ3v) is 28.4. The Morgan fingerprint density at radius 1 is 0.124 bits per heavy atom. The largest absolute Gasteiger partial charge is 0.490 e. The van der Waals surface area contributed by atoms with Crippen molar-refractivity contribution in [2.24, 2.45) is 0 Å². The zero-order chi connectivity index (χ0) is 96.4. The summed E-state index contributed by atoms with van der Waals surface area (Å²) in [5.41, 5.74) is 12.7. The van der Waals surface area contributed by atoms with E-state index in [1.165, 1.54) is 360 Å². The van der Waals surface area contributed by atoms with Gasteiger partial charge in [-0.15, -0.1) is 0 Å². The van der Waals surface area contributed by atoms with Gasteiger partial charge in [-0.2, -0.15) is 0 Å². The number of hydrogen-bond donors (Lipinski definition) is 0. The standard InChI is InChI=1S/C129H196O8/c1-9-17-25-33-41-49-57-65-97-130-121-93-81-113(105-125(121)134-101-69-61-53-45-37-29-21-13-5)109-73-85-117(86-74-109)129(118-87-75-110(76-88-118)114-82-94-122(131-98-66-58-50-42-34-26-18-10-2)126(106-114)135-102-70-62-54-46-38-30-22-14-6,119-89-77-111(78-90-119)115-83-95-123(132-99-67-59-51-43-35-27-19-11-3)127(107-115)136-103-71-63-55-47-39-31-23-15-7)120-91-79-112(80-92-120)116-84-96-124(133-100-68-60-52-44-36-28-20-12-4)128(108-116)137-104-72-64-56-48-40-32-24-16-8/h73-96,105-108H,9-72,97-104H2,1-8H3. The van der Waals surface area contributed by atoms with Crippen LogP contribution in [0.1, 0.15) is 489 Å². The van der Waals surface area contributed by atoms with Gasteiger partial charge in [0.05, 0.1) is 58.3 Å². The minimum atomic E-state index is -0.849. The van der Waals surface area contributed by atoms with E-state index in [1.54, 1.807) is 0 Å². The SMILES string of the molecule is CCCCCCCCCCOc1ccc(-c2ccc(C(c3ccc(-c4ccc(OCCCCCCCCCC)c(OCCCCCCCCCC)c4)cc3)(c3ccc(-c4ccc(OCCCCCCCCCC)c(OCCCCCCCCCC)c4)cc3)c3ccc(-c4ccc(OCCCCCCCCCC)c(OCCCCCCCCCC)c4)cc3)cc2)cc1OCCCCCCCCCC. The van der Waals surface area contributed by atoms with E-state index < -0.39 is 5.41 Å². The molecule has 8 heteroatoms. The van der Waals surface area contributed by atoms with E-state index in [0.717, 1.165) is 164 Å². The molecule has 760 valence electrons. The lowest BCUT2D eigenvalue weighted by molar-refractivity contribution is 0.258. The molecule has 137 heavy (non-hydrogen) atoms. The fourth-order valence-electron chi connectivity index (χ4n) is 19.7. The summed E-state index contributed by atoms with van der Waals surface area (Å²) in [5, 5.41) is 0. The van der Waals surface area contributed by atoms with Crippen molar-refractivity contribution in [1.82, 2.24) is 0 Å². The summed E-state index contributed by atoms with van der Waals surface area (Å²) in [7, 11) is 0. The van der Waals surface area contributed by atoms with Gasteiger partial charge in [0.1, 0.15) is 0 Å². The first-order chi connectivity index (χ1) is 67.8. The molecule has 0 aliphatic heterocycles. The second kappa shape index (κ2) is 75.1. The van der Waals surface area contributed by atoms with Gasteiger partial charge in [-0.05, 0) is 167 Å². The molecule has 0 saturated carbocycles. The highest BCUT2D eigenvalue weighted by atomic mass is 16.5. The fraction of sp³-hybridized carbons (Fsp3) is 0.628. The van der Waals surface area contributed by atoms with Crippen LogP contribution >= 0.6 is 0 Å². The molecule has 0 heterocycles. The van der Waals surface area contributed by atoms with E-state index in [0.29, 0.717) is 52.9 Å². The maximum Gasteiger partial charge on any atom is 0.161 e. The highest BCUT2D eigenvalue weighted by molar-refractivity contribution is 5.75. The topological polar surface area (TPSA) is 73.8 Å². The third-order valence-electron chi connectivity index (χ3n) is 28.4. The van der Waals surface area contributed by atoms with E-state index in [9.17, 15) is 0 Å². The molecule has 8 aromatic carbocycles. The van der Waals surface area contributed by atoms with Crippen LogP contribution in [0.3, 0.4) is 0 Å². The van der Waals surface area contributed by atoms with E-state index in [-0.39, 0.29) is 0 Å². The summed E-state index contributed by atoms with van der Waals surface area (Å²) in [6.07, 6.45) is 80.2. The van der Waals surface area contributed by atoms with Crippen LogP contribution in [0.25, 0.3) is 44.5 Å². The summed E-state index contributed by atoms with van der Waals surface area (Å²) in [5.74, 6) is 6.68. The molecule has 0 aliphatic rings. The highest BCUT2D eigenvalue weighted by Crippen LogP contribution is 2.49. The Morgan fingerprint density at radius 2 is 0.241 bits per heavy atom. The molecule has 0 spiro atoms. The van der Waals surface area contributed by atoms with Gasteiger partial charge in [0.15, 0.2) is 46.0 Å². The molecular formula is C129H196O8. The second-order valence-electron chi connectivity index (χ2n) is 40.3. The van der Waals surface area contributed by atoms with Crippen LogP contribution < -0.4 is 37.9 Å². The number of rotatable bonds is 88. The quantitative estimate of drug-likeness (QED) is 0.0276. The lowest BCUT2D eigenvalue weighted by atomic mass is 9.64. The van der Waals surface area contributed by atoms with Crippen LogP contribution in [0.2, 0.25) is 0 Å². The van der Waals surface area contributed by atoms with Gasteiger partial charge in [0.2, 0.25) is 0 Å². The van der Waals surface area contributed by atoms with E-state index >= 15 is 0 Å². The number of hydrogen-bond acceptors (Lipinski definition) is 8. The Kier molecular flexibility index (Phi) is 62.7. The molecule has 0 unspecified atom stereocenters. The highest BCUT2D eigenvalue weighted by Gasteiger charge is 2.39. The predicted octanol–water partition coefficient (Wildman–Crippen LogP) is 40.9. The summed E-state index contributed by atoms with van der Waals surface area (Å²) in [6.45, 7) is 23.8. The van der Waals surface area contributed by atoms with Gasteiger partial charge in [-0.3, -0.25) is 0 Å². The van der Waals surface area contributed by atoms with Crippen molar-refractivity contribution in [1.29, 1.82) is 0 Å². The minimum absolute atomic E-state index is 0.665. The van der Waals surface area contributed by atoms with Crippen LogP contribution in [-0.4, -0.2) is 52.9 Å². The zero-order valence-corrected chi connectivity index (χ0v) is 88.8. The molecule has 8 nitrogen and oxygen atoms in total. The Labute approximate surface area is 839 Å². The van der Waals surface area contributed by atoms with Crippen molar-refractivity contribution in [3.8, 4) is 90.5 Å². The predicted molar refractivity (Wildman–Crippen MR) is 591 cm³/mol. The molecular weight excluding hydrogens is 1680 g/mol. The van der Waals surface area contributed by atoms with Crippen LogP contribution in [0.5, 0.6) is 46.0 Å². The van der Waals surface area contributed by atoms with E-state index in [4.69, 9.17) is 37.9 Å². The molecule has 0 radical (unpaired) electrons. The Morgan fingerprint density at radius 3 is 0.380 bits per heavy atom. The third kappa shape index (κ3) is 45.3. The average molecular weight is 1870 g/mol. The molecule has 0 amide bonds. The monoisotopic (exact) mass is 1870 g/mol. The van der Waals surface area contributed by atoms with E-state index in [1.807, 2.05) is 0 Å². The van der Waals surface area contributed by atoms with Crippen molar-refractivity contribution < 1.29 is 37.9 Å². The molecule has 0 aromatic heterocycles. The molecule has 0 fully saturated rings. The number of unbranched alkanes of at least 4 members (excludes halogenated alkanes) is 56. The maximum absolute atomic E-state index is 6.87. The van der Waals surface area contributed by atoms with Crippen molar-refractivity contribution in [3.63, 3.8) is 0 Å². The molecule has 8 aromatic rings. The minimum Gasteiger partial charge on any atom is -0.490 e. The molecule has 0 atom stereocenters. The van der Waals surface area contributed by atoms with Gasteiger partial charge in [0, 0.05) is 0 Å². The van der Waals surface area contributed by atoms with Crippen molar-refractivity contribution in [3.05, 3.63) is 192 Å². The van der Waals surface area contributed by atoms with Crippen LogP contribution in [-0.2, 0) is 5.41 Å². The van der Waals surface area contributed by atoms with Gasteiger partial charge < -0.3 is 37.9 Å². The Hall–Kier alpha value is -7.84. The lowest BCUT2D eigenvalue weighted by Crippen LogP contribution is -2.31. The normalized spacial score (nSPS) is 11.6. The first-order valence-electron chi connectivity index (χ1n) is 57.8. The summed E-state index contributed by atoms with van der Waals surface area (Å²) < 4.78 is 54.4. The maximum atomic E-state index is 6.87. The van der Waals surface area contributed by atoms with Crippen molar-refractivity contribution in [2.75, 3.05) is 52.9 Å². The average Bonchev–Trinajstić information content (AvgIpc) is 0.726. The second-order valence-corrected chi connectivity index (χ2v) is 40.3. The Balaban J connectivity index is 1.25. The number of ether oxygens (including phenoxy) is 8. The van der Waals surface area contributed by atoms with Gasteiger partial charge >= 0.3 is 0 Å². The molecule has 0 aliphatic carbocycles. The van der Waals surface area contributed by atoms with Crippen LogP contribution in [0, 0.1) is 0 Å². The smallest absolute Gasteiger partial charge is 0.161 e. The van der Waals surface area contributed by atoms with E-state index in [2.05, 4.69) is 225 Å². The Bertz CT molecular complexity index is 3690. The molecule has 0 saturated heterocycles. The molecule has 8 rings (SSSR count). The first-order valence-corrected chi connectivity index (χ1v) is 57.8. The summed E-state index contributed by atoms with van der Waals surface area (Å²) in [6, 6.07) is 64.8. The summed E-state index contributed by atoms with van der Waals surface area (Å²) in [4.78, 5) is 0. The summed E-state index contributed by atoms with van der Waals surface area (Å²) >= 11 is 0. The van der Waals surface area contributed by atoms with Gasteiger partial charge in [-0.25, -0.2) is 0 Å². The first kappa shape index (κ1) is 114. The van der Waals surface area contributed by atoms with Gasteiger partial charge in [0.25, 0.3) is 0 Å². The zero-order valence-electron chi connectivity index (χ0n) is 88.8. The van der Waals surface area contributed by atoms with Crippen molar-refractivity contribution >= 4 is 0 Å². The van der Waals surface area contributed by atoms with Gasteiger partial charge in [-0.1, -0.05) is 536 Å².